The van der Waals surface area contributed by atoms with Gasteiger partial charge in [0.25, 0.3) is 11.6 Å². The van der Waals surface area contributed by atoms with Gasteiger partial charge in [0.15, 0.2) is 4.80 Å². The van der Waals surface area contributed by atoms with Gasteiger partial charge in [0, 0.05) is 23.1 Å². The molecule has 1 heterocycles. The number of thiazole rings is 1. The second-order valence-corrected chi connectivity index (χ2v) is 7.01. The molecule has 4 aromatic rings. The lowest BCUT2D eigenvalue weighted by Crippen LogP contribution is -2.16. The van der Waals surface area contributed by atoms with Crippen LogP contribution < -0.4 is 4.80 Å². The molecule has 0 radical (unpaired) electrons. The van der Waals surface area contributed by atoms with Crippen molar-refractivity contribution in [2.45, 2.75) is 6.54 Å². The lowest BCUT2D eigenvalue weighted by Gasteiger charge is -2.02. The average Bonchev–Trinajstić information content (AvgIpc) is 3.06. The minimum Gasteiger partial charge on any atom is -0.305 e. The van der Waals surface area contributed by atoms with Crippen LogP contribution in [0.1, 0.15) is 10.4 Å². The standard InChI is InChI=1S/C21H13N3O3S/c1-2-12-23-18-11-10-14-6-3-4-9-17(14)19(18)28-21(23)22-20(25)15-7-5-8-16(13-15)24(26)27/h1,3-11,13H,12H2. The van der Waals surface area contributed by atoms with Crippen LogP contribution in [-0.2, 0) is 6.54 Å². The third-order valence-corrected chi connectivity index (χ3v) is 5.45. The zero-order chi connectivity index (χ0) is 19.7. The van der Waals surface area contributed by atoms with Crippen molar-refractivity contribution in [3.8, 4) is 12.3 Å². The Kier molecular flexibility index (Phi) is 4.47. The van der Waals surface area contributed by atoms with E-state index in [1.807, 2.05) is 41.0 Å². The van der Waals surface area contributed by atoms with Crippen LogP contribution in [0.5, 0.6) is 0 Å². The first-order valence-electron chi connectivity index (χ1n) is 8.36. The van der Waals surface area contributed by atoms with Gasteiger partial charge in [-0.3, -0.25) is 14.9 Å². The Morgan fingerprint density at radius 2 is 2.00 bits per heavy atom. The van der Waals surface area contributed by atoms with Gasteiger partial charge in [-0.15, -0.1) is 6.42 Å². The maximum absolute atomic E-state index is 12.6. The van der Waals surface area contributed by atoms with Crippen LogP contribution in [0.3, 0.4) is 0 Å². The van der Waals surface area contributed by atoms with Gasteiger partial charge in [-0.05, 0) is 17.5 Å². The van der Waals surface area contributed by atoms with Crippen molar-refractivity contribution in [3.63, 3.8) is 0 Å². The summed E-state index contributed by atoms with van der Waals surface area (Å²) >= 11 is 1.37. The predicted octanol–water partition coefficient (Wildman–Crippen LogP) is 4.14. The van der Waals surface area contributed by atoms with Gasteiger partial charge >= 0.3 is 0 Å². The topological polar surface area (TPSA) is 77.5 Å². The Labute approximate surface area is 163 Å². The van der Waals surface area contributed by atoms with Crippen molar-refractivity contribution in [1.82, 2.24) is 4.57 Å². The number of rotatable bonds is 3. The summed E-state index contributed by atoms with van der Waals surface area (Å²) in [6.45, 7) is 0.263. The first kappa shape index (κ1) is 17.6. The van der Waals surface area contributed by atoms with Crippen LogP contribution in [0.25, 0.3) is 21.0 Å². The second kappa shape index (κ2) is 7.10. The van der Waals surface area contributed by atoms with Gasteiger partial charge in [0.1, 0.15) is 0 Å². The molecular weight excluding hydrogens is 374 g/mol. The molecule has 7 heteroatoms. The molecule has 6 nitrogen and oxygen atoms in total. The molecule has 0 saturated carbocycles. The molecule has 0 N–H and O–H groups in total. The Morgan fingerprint density at radius 3 is 2.79 bits per heavy atom. The van der Waals surface area contributed by atoms with Crippen LogP contribution in [0.15, 0.2) is 65.7 Å². The molecular formula is C21H13N3O3S. The number of nitro benzene ring substituents is 1. The summed E-state index contributed by atoms with van der Waals surface area (Å²) in [7, 11) is 0. The lowest BCUT2D eigenvalue weighted by atomic mass is 10.1. The summed E-state index contributed by atoms with van der Waals surface area (Å²) in [5, 5.41) is 13.1. The number of fused-ring (bicyclic) bond motifs is 3. The van der Waals surface area contributed by atoms with Gasteiger partial charge < -0.3 is 4.57 Å². The Balaban J connectivity index is 1.92. The quantitative estimate of drug-likeness (QED) is 0.301. The number of non-ortho nitro benzene ring substituents is 1. The molecule has 0 spiro atoms. The van der Waals surface area contributed by atoms with Crippen molar-refractivity contribution in [1.29, 1.82) is 0 Å². The van der Waals surface area contributed by atoms with Crippen molar-refractivity contribution in [2.75, 3.05) is 0 Å². The minimum atomic E-state index is -0.551. The zero-order valence-electron chi connectivity index (χ0n) is 14.5. The molecule has 3 aromatic carbocycles. The molecule has 0 saturated heterocycles. The summed E-state index contributed by atoms with van der Waals surface area (Å²) in [6.07, 6.45) is 5.52. The van der Waals surface area contributed by atoms with Crippen LogP contribution in [0.2, 0.25) is 0 Å². The van der Waals surface area contributed by atoms with E-state index < -0.39 is 10.8 Å². The number of nitro groups is 1. The molecule has 1 aromatic heterocycles. The van der Waals surface area contributed by atoms with Crippen LogP contribution >= 0.6 is 11.3 Å². The van der Waals surface area contributed by atoms with E-state index in [9.17, 15) is 14.9 Å². The Bertz CT molecular complexity index is 1360. The number of benzene rings is 3. The molecule has 0 bridgehead atoms. The SMILES string of the molecule is C#CCn1c(=NC(=O)c2cccc([N+](=O)[O-])c2)sc2c3ccccc3ccc21. The normalized spacial score (nSPS) is 11.6. The summed E-state index contributed by atoms with van der Waals surface area (Å²) in [5.74, 6) is 2.05. The van der Waals surface area contributed by atoms with Gasteiger partial charge in [-0.25, -0.2) is 0 Å². The van der Waals surface area contributed by atoms with E-state index in [1.165, 1.54) is 35.6 Å². The van der Waals surface area contributed by atoms with Crippen molar-refractivity contribution in [3.05, 3.63) is 81.1 Å². The van der Waals surface area contributed by atoms with E-state index in [0.29, 0.717) is 4.80 Å². The highest BCUT2D eigenvalue weighted by molar-refractivity contribution is 7.17. The molecule has 0 aliphatic heterocycles. The van der Waals surface area contributed by atoms with Gasteiger partial charge in [0.2, 0.25) is 0 Å². The van der Waals surface area contributed by atoms with Crippen LogP contribution in [-0.4, -0.2) is 15.4 Å². The average molecular weight is 387 g/mol. The number of nitrogens with zero attached hydrogens (tertiary/aromatic N) is 3. The fraction of sp³-hybridized carbons (Fsp3) is 0.0476. The highest BCUT2D eigenvalue weighted by Gasteiger charge is 2.13. The predicted molar refractivity (Wildman–Crippen MR) is 109 cm³/mol. The molecule has 4 rings (SSSR count). The summed E-state index contributed by atoms with van der Waals surface area (Å²) < 4.78 is 2.79. The monoisotopic (exact) mass is 387 g/mol. The summed E-state index contributed by atoms with van der Waals surface area (Å²) in [5.41, 5.74) is 0.899. The van der Waals surface area contributed by atoms with Crippen LogP contribution in [0.4, 0.5) is 5.69 Å². The van der Waals surface area contributed by atoms with E-state index in [0.717, 1.165) is 21.0 Å². The summed E-state index contributed by atoms with van der Waals surface area (Å²) in [6, 6.07) is 17.5. The zero-order valence-corrected chi connectivity index (χ0v) is 15.3. The molecule has 0 fully saturated rings. The molecule has 0 unspecified atom stereocenters. The van der Waals surface area contributed by atoms with Gasteiger partial charge in [0.05, 0.1) is 21.7 Å². The minimum absolute atomic E-state index is 0.153. The maximum atomic E-state index is 12.6. The van der Waals surface area contributed by atoms with E-state index in [-0.39, 0.29) is 17.8 Å². The molecule has 136 valence electrons. The molecule has 0 aliphatic carbocycles. The number of aromatic nitrogens is 1. The Morgan fingerprint density at radius 1 is 1.18 bits per heavy atom. The van der Waals surface area contributed by atoms with E-state index in [2.05, 4.69) is 10.9 Å². The fourth-order valence-electron chi connectivity index (χ4n) is 3.03. The molecule has 1 amide bonds. The summed E-state index contributed by atoms with van der Waals surface area (Å²) in [4.78, 5) is 27.7. The fourth-order valence-corrected chi connectivity index (χ4v) is 4.19. The van der Waals surface area contributed by atoms with Crippen molar-refractivity contribution in [2.24, 2.45) is 4.99 Å². The van der Waals surface area contributed by atoms with E-state index in [1.54, 1.807) is 0 Å². The highest BCUT2D eigenvalue weighted by Crippen LogP contribution is 2.27. The van der Waals surface area contributed by atoms with Crippen molar-refractivity contribution < 1.29 is 9.72 Å². The van der Waals surface area contributed by atoms with Crippen LogP contribution in [0, 0.1) is 22.5 Å². The number of amides is 1. The molecule has 28 heavy (non-hydrogen) atoms. The third kappa shape index (κ3) is 3.06. The molecule has 0 atom stereocenters. The first-order valence-corrected chi connectivity index (χ1v) is 9.18. The van der Waals surface area contributed by atoms with Gasteiger partial charge in [-0.2, -0.15) is 4.99 Å². The number of hydrogen-bond donors (Lipinski definition) is 0. The smallest absolute Gasteiger partial charge is 0.279 e. The largest absolute Gasteiger partial charge is 0.305 e. The number of carbonyl (C=O) groups excluding carboxylic acids is 1. The number of terminal acetylenes is 1. The maximum Gasteiger partial charge on any atom is 0.279 e. The highest BCUT2D eigenvalue weighted by atomic mass is 32.1. The second-order valence-electron chi connectivity index (χ2n) is 6.03. The van der Waals surface area contributed by atoms with E-state index in [4.69, 9.17) is 6.42 Å². The number of carbonyl (C=O) groups is 1. The van der Waals surface area contributed by atoms with E-state index >= 15 is 0 Å². The number of hydrogen-bond acceptors (Lipinski definition) is 4. The molecule has 0 aliphatic rings. The lowest BCUT2D eigenvalue weighted by molar-refractivity contribution is -0.384. The first-order chi connectivity index (χ1) is 13.6. The Hall–Kier alpha value is -3.76. The van der Waals surface area contributed by atoms with Gasteiger partial charge in [-0.1, -0.05) is 53.7 Å². The van der Waals surface area contributed by atoms with Crippen molar-refractivity contribution >= 4 is 43.9 Å². The third-order valence-electron chi connectivity index (χ3n) is 4.32.